The van der Waals surface area contributed by atoms with Gasteiger partial charge < -0.3 is 14.7 Å². The number of aliphatic carboxylic acids is 1. The number of nitrogens with zero attached hydrogens (tertiary/aromatic N) is 2. The molecule has 0 fully saturated rings. The van der Waals surface area contributed by atoms with Crippen molar-refractivity contribution in [2.24, 2.45) is 0 Å². The Hall–Kier alpha value is -2.13. The summed E-state index contributed by atoms with van der Waals surface area (Å²) in [6.45, 7) is -0.485. The summed E-state index contributed by atoms with van der Waals surface area (Å²) in [6, 6.07) is 3.92. The predicted octanol–water partition coefficient (Wildman–Crippen LogP) is 0.102. The molecule has 0 aliphatic rings. The highest BCUT2D eigenvalue weighted by atomic mass is 32.2. The van der Waals surface area contributed by atoms with E-state index < -0.39 is 28.4 Å². The van der Waals surface area contributed by atoms with E-state index in [-0.39, 0.29) is 16.2 Å². The number of carboxylic acid groups (broad SMARTS) is 1. The number of likely N-dealkylation sites (N-methyl/N-ethyl adjacent to an activating group) is 1. The molecule has 1 aromatic rings. The van der Waals surface area contributed by atoms with Crippen molar-refractivity contribution in [3.05, 3.63) is 23.8 Å². The third-order valence-electron chi connectivity index (χ3n) is 2.89. The second kappa shape index (κ2) is 6.75. The molecule has 0 bridgehead atoms. The Morgan fingerprint density at radius 3 is 2.27 bits per heavy atom. The molecule has 22 heavy (non-hydrogen) atoms. The first kappa shape index (κ1) is 17.9. The average Bonchev–Trinajstić information content (AvgIpc) is 2.44. The number of carboxylic acids is 1. The Morgan fingerprint density at radius 2 is 1.82 bits per heavy atom. The number of hydrogen-bond acceptors (Lipinski definition) is 5. The van der Waals surface area contributed by atoms with E-state index in [1.165, 1.54) is 46.5 Å². The molecule has 0 aromatic heterocycles. The average molecular weight is 330 g/mol. The van der Waals surface area contributed by atoms with Gasteiger partial charge in [-0.05, 0) is 18.2 Å². The molecule has 1 amide bonds. The fraction of sp³-hybridized carbons (Fsp3) is 0.385. The van der Waals surface area contributed by atoms with Crippen LogP contribution in [-0.2, 0) is 14.8 Å². The Bertz CT molecular complexity index is 684. The topological polar surface area (TPSA) is 104 Å². The van der Waals surface area contributed by atoms with E-state index >= 15 is 0 Å². The highest BCUT2D eigenvalue weighted by molar-refractivity contribution is 7.89. The van der Waals surface area contributed by atoms with Crippen LogP contribution in [0.1, 0.15) is 10.4 Å². The summed E-state index contributed by atoms with van der Waals surface area (Å²) >= 11 is 0. The maximum Gasteiger partial charge on any atom is 0.323 e. The minimum absolute atomic E-state index is 0.0602. The van der Waals surface area contributed by atoms with Crippen LogP contribution >= 0.6 is 0 Å². The van der Waals surface area contributed by atoms with E-state index in [0.717, 1.165) is 9.21 Å². The molecule has 0 aliphatic carbocycles. The van der Waals surface area contributed by atoms with Gasteiger partial charge in [0.05, 0.1) is 7.11 Å². The Balaban J connectivity index is 3.32. The molecule has 8 nitrogen and oxygen atoms in total. The number of ether oxygens (including phenoxy) is 1. The van der Waals surface area contributed by atoms with Crippen LogP contribution in [0.2, 0.25) is 0 Å². The van der Waals surface area contributed by atoms with E-state index in [9.17, 15) is 18.0 Å². The molecular formula is C13H18N2O6S. The first-order valence-electron chi connectivity index (χ1n) is 6.19. The summed E-state index contributed by atoms with van der Waals surface area (Å²) in [6.07, 6.45) is 0. The predicted molar refractivity (Wildman–Crippen MR) is 78.5 cm³/mol. The molecule has 1 N–H and O–H groups in total. The van der Waals surface area contributed by atoms with Gasteiger partial charge in [0.25, 0.3) is 5.91 Å². The van der Waals surface area contributed by atoms with Crippen molar-refractivity contribution in [2.45, 2.75) is 4.90 Å². The van der Waals surface area contributed by atoms with Gasteiger partial charge in [-0.25, -0.2) is 12.7 Å². The van der Waals surface area contributed by atoms with Crippen molar-refractivity contribution < 1.29 is 27.9 Å². The molecule has 0 saturated carbocycles. The fourth-order valence-corrected chi connectivity index (χ4v) is 2.78. The summed E-state index contributed by atoms with van der Waals surface area (Å²) in [5.74, 6) is -1.66. The summed E-state index contributed by atoms with van der Waals surface area (Å²) < 4.78 is 30.5. The van der Waals surface area contributed by atoms with Crippen LogP contribution in [-0.4, -0.2) is 69.4 Å². The van der Waals surface area contributed by atoms with Crippen molar-refractivity contribution in [1.29, 1.82) is 0 Å². The lowest BCUT2D eigenvalue weighted by Crippen LogP contribution is -2.32. The van der Waals surface area contributed by atoms with Crippen LogP contribution in [0.25, 0.3) is 0 Å². The van der Waals surface area contributed by atoms with E-state index in [1.807, 2.05) is 0 Å². The van der Waals surface area contributed by atoms with Gasteiger partial charge in [-0.15, -0.1) is 0 Å². The van der Waals surface area contributed by atoms with Gasteiger partial charge in [0, 0.05) is 26.7 Å². The van der Waals surface area contributed by atoms with Gasteiger partial charge in [0.15, 0.2) is 0 Å². The summed E-state index contributed by atoms with van der Waals surface area (Å²) in [5, 5.41) is 8.70. The quantitative estimate of drug-likeness (QED) is 0.793. The third-order valence-corrected chi connectivity index (χ3v) is 4.72. The van der Waals surface area contributed by atoms with Crippen molar-refractivity contribution in [3.63, 3.8) is 0 Å². The number of amides is 1. The summed E-state index contributed by atoms with van der Waals surface area (Å²) in [7, 11) is 1.56. The second-order valence-electron chi connectivity index (χ2n) is 4.71. The smallest absolute Gasteiger partial charge is 0.323 e. The molecule has 9 heteroatoms. The van der Waals surface area contributed by atoms with Crippen LogP contribution < -0.4 is 4.74 Å². The first-order chi connectivity index (χ1) is 10.1. The first-order valence-corrected chi connectivity index (χ1v) is 7.63. The van der Waals surface area contributed by atoms with Gasteiger partial charge in [-0.2, -0.15) is 0 Å². The molecule has 1 rings (SSSR count). The van der Waals surface area contributed by atoms with Gasteiger partial charge in [0.1, 0.15) is 17.2 Å². The Labute approximate surface area is 128 Å². The normalized spacial score (nSPS) is 11.3. The lowest BCUT2D eigenvalue weighted by Gasteiger charge is -2.18. The number of benzene rings is 1. The van der Waals surface area contributed by atoms with Crippen molar-refractivity contribution >= 4 is 21.9 Å². The monoisotopic (exact) mass is 330 g/mol. The van der Waals surface area contributed by atoms with E-state index in [4.69, 9.17) is 9.84 Å². The second-order valence-corrected chi connectivity index (χ2v) is 6.83. The van der Waals surface area contributed by atoms with E-state index in [2.05, 4.69) is 0 Å². The summed E-state index contributed by atoms with van der Waals surface area (Å²) in [5.41, 5.74) is 0.0602. The van der Waals surface area contributed by atoms with Crippen molar-refractivity contribution in [2.75, 3.05) is 34.8 Å². The molecule has 0 heterocycles. The maximum atomic E-state index is 12.3. The number of carbonyl (C=O) groups is 2. The molecule has 122 valence electrons. The standard InChI is InChI=1S/C13H18N2O6S/c1-14(2)22(19,20)11-7-9(5-6-10(11)21-4)13(18)15(3)8-12(16)17/h5-7H,8H2,1-4H3,(H,16,17). The lowest BCUT2D eigenvalue weighted by atomic mass is 10.2. The van der Waals surface area contributed by atoms with Crippen molar-refractivity contribution in [1.82, 2.24) is 9.21 Å². The molecule has 0 radical (unpaired) electrons. The molecule has 0 aliphatic heterocycles. The Morgan fingerprint density at radius 1 is 1.23 bits per heavy atom. The molecule has 0 saturated heterocycles. The number of methoxy groups -OCH3 is 1. The number of rotatable bonds is 6. The van der Waals surface area contributed by atoms with Gasteiger partial charge >= 0.3 is 5.97 Å². The highest BCUT2D eigenvalue weighted by Gasteiger charge is 2.25. The number of hydrogen-bond donors (Lipinski definition) is 1. The lowest BCUT2D eigenvalue weighted by molar-refractivity contribution is -0.137. The molecule has 0 unspecified atom stereocenters. The zero-order chi connectivity index (χ0) is 17.1. The van der Waals surface area contributed by atoms with Crippen LogP contribution in [0.15, 0.2) is 23.1 Å². The fourth-order valence-electron chi connectivity index (χ4n) is 1.70. The van der Waals surface area contributed by atoms with Gasteiger partial charge in [-0.1, -0.05) is 0 Å². The third kappa shape index (κ3) is 3.74. The molecule has 0 atom stereocenters. The summed E-state index contributed by atoms with van der Waals surface area (Å²) in [4.78, 5) is 23.6. The molecular weight excluding hydrogens is 312 g/mol. The van der Waals surface area contributed by atoms with Crippen LogP contribution in [0.4, 0.5) is 0 Å². The van der Waals surface area contributed by atoms with E-state index in [0.29, 0.717) is 0 Å². The van der Waals surface area contributed by atoms with Crippen LogP contribution in [0.3, 0.4) is 0 Å². The SMILES string of the molecule is COc1ccc(C(=O)N(C)CC(=O)O)cc1S(=O)(=O)N(C)C. The van der Waals surface area contributed by atoms with Crippen LogP contribution in [0, 0.1) is 0 Å². The zero-order valence-corrected chi connectivity index (χ0v) is 13.5. The zero-order valence-electron chi connectivity index (χ0n) is 12.7. The Kier molecular flexibility index (Phi) is 5.50. The molecule has 1 aromatic carbocycles. The number of sulfonamides is 1. The van der Waals surface area contributed by atoms with Crippen LogP contribution in [0.5, 0.6) is 5.75 Å². The highest BCUT2D eigenvalue weighted by Crippen LogP contribution is 2.27. The van der Waals surface area contributed by atoms with Crippen molar-refractivity contribution in [3.8, 4) is 5.75 Å². The largest absolute Gasteiger partial charge is 0.495 e. The van der Waals surface area contributed by atoms with E-state index in [1.54, 1.807) is 0 Å². The minimum Gasteiger partial charge on any atom is -0.495 e. The van der Waals surface area contributed by atoms with Gasteiger partial charge in [0.2, 0.25) is 10.0 Å². The number of carbonyl (C=O) groups excluding carboxylic acids is 1. The maximum absolute atomic E-state index is 12.3. The minimum atomic E-state index is -3.80. The molecule has 0 spiro atoms. The van der Waals surface area contributed by atoms with Gasteiger partial charge in [-0.3, -0.25) is 9.59 Å².